The van der Waals surface area contributed by atoms with Gasteiger partial charge in [0.05, 0.1) is 34.5 Å². The van der Waals surface area contributed by atoms with Crippen molar-refractivity contribution in [2.75, 3.05) is 0 Å². The Kier molecular flexibility index (Phi) is 4.86. The van der Waals surface area contributed by atoms with Gasteiger partial charge in [-0.05, 0) is 29.8 Å². The van der Waals surface area contributed by atoms with Crippen molar-refractivity contribution in [1.82, 2.24) is 14.9 Å². The highest BCUT2D eigenvalue weighted by atomic mass is 19.4. The predicted octanol–water partition coefficient (Wildman–Crippen LogP) is 3.80. The number of aromatic nitrogens is 2. The fraction of sp³-hybridized carbons (Fsp3) is 0.211. The minimum Gasteiger partial charge on any atom is -0.348 e. The summed E-state index contributed by atoms with van der Waals surface area (Å²) in [6.45, 7) is 1.56. The van der Waals surface area contributed by atoms with Gasteiger partial charge in [0.2, 0.25) is 5.91 Å². The molecule has 5 nitrogen and oxygen atoms in total. The Balaban J connectivity index is 1.97. The number of carbonyl (C=O) groups excluding carboxylic acids is 1. The lowest BCUT2D eigenvalue weighted by atomic mass is 10.0. The standard InChI is InChI=1S/C19H15F3N4O/c1-12(27)25-17(13-5-7-15(8-6-13)19(20,21)22)10-26-11-24-16-4-2-3-14(9-23)18(16)26/h2-8,11,17H,10H2,1H3,(H,25,27). The number of imidazole rings is 1. The number of hydrogen-bond donors (Lipinski definition) is 1. The molecular formula is C19H15F3N4O. The van der Waals surface area contributed by atoms with Gasteiger partial charge < -0.3 is 9.88 Å². The SMILES string of the molecule is CC(=O)NC(Cn1cnc2cccc(C#N)c21)c1ccc(C(F)(F)F)cc1. The van der Waals surface area contributed by atoms with Crippen molar-refractivity contribution in [3.05, 3.63) is 65.5 Å². The molecule has 0 radical (unpaired) electrons. The molecule has 1 N–H and O–H groups in total. The van der Waals surface area contributed by atoms with Crippen LogP contribution in [0, 0.1) is 11.3 Å². The summed E-state index contributed by atoms with van der Waals surface area (Å²) in [4.78, 5) is 15.9. The van der Waals surface area contributed by atoms with Crippen molar-refractivity contribution in [1.29, 1.82) is 5.26 Å². The van der Waals surface area contributed by atoms with Crippen LogP contribution < -0.4 is 5.32 Å². The van der Waals surface area contributed by atoms with E-state index in [4.69, 9.17) is 0 Å². The summed E-state index contributed by atoms with van der Waals surface area (Å²) in [5.74, 6) is -0.315. The molecule has 1 atom stereocenters. The Morgan fingerprint density at radius 2 is 1.96 bits per heavy atom. The molecule has 0 aliphatic carbocycles. The zero-order chi connectivity index (χ0) is 19.6. The van der Waals surface area contributed by atoms with E-state index < -0.39 is 17.8 Å². The molecule has 3 rings (SSSR count). The minimum atomic E-state index is -4.43. The Morgan fingerprint density at radius 1 is 1.26 bits per heavy atom. The lowest BCUT2D eigenvalue weighted by molar-refractivity contribution is -0.137. The first-order chi connectivity index (χ1) is 12.8. The summed E-state index contributed by atoms with van der Waals surface area (Å²) in [6.07, 6.45) is -2.88. The number of nitrogens with one attached hydrogen (secondary N) is 1. The molecule has 0 aliphatic heterocycles. The number of benzene rings is 2. The third-order valence-electron chi connectivity index (χ3n) is 4.16. The van der Waals surface area contributed by atoms with Gasteiger partial charge >= 0.3 is 6.18 Å². The summed E-state index contributed by atoms with van der Waals surface area (Å²) in [7, 11) is 0. The van der Waals surface area contributed by atoms with Gasteiger partial charge in [0.15, 0.2) is 0 Å². The predicted molar refractivity (Wildman–Crippen MR) is 92.4 cm³/mol. The van der Waals surface area contributed by atoms with Gasteiger partial charge in [-0.1, -0.05) is 18.2 Å². The molecule has 1 aromatic heterocycles. The molecule has 1 heterocycles. The van der Waals surface area contributed by atoms with Gasteiger partial charge in [0, 0.05) is 13.5 Å². The van der Waals surface area contributed by atoms with Crippen LogP contribution in [0.15, 0.2) is 48.8 Å². The first kappa shape index (κ1) is 18.5. The number of rotatable bonds is 4. The summed E-state index contributed by atoms with van der Waals surface area (Å²) in [5, 5.41) is 12.1. The van der Waals surface area contributed by atoms with Crippen molar-refractivity contribution in [3.8, 4) is 6.07 Å². The van der Waals surface area contributed by atoms with Gasteiger partial charge in [0.25, 0.3) is 0 Å². The largest absolute Gasteiger partial charge is 0.416 e. The number of alkyl halides is 3. The average Bonchev–Trinajstić information content (AvgIpc) is 3.03. The van der Waals surface area contributed by atoms with Crippen LogP contribution in [-0.4, -0.2) is 15.5 Å². The lowest BCUT2D eigenvalue weighted by Gasteiger charge is -2.20. The van der Waals surface area contributed by atoms with E-state index in [1.54, 1.807) is 29.1 Å². The quantitative estimate of drug-likeness (QED) is 0.757. The minimum absolute atomic E-state index is 0.222. The highest BCUT2D eigenvalue weighted by molar-refractivity contribution is 5.81. The van der Waals surface area contributed by atoms with Crippen LogP contribution in [0.1, 0.15) is 29.7 Å². The smallest absolute Gasteiger partial charge is 0.348 e. The van der Waals surface area contributed by atoms with Crippen LogP contribution in [0.4, 0.5) is 13.2 Å². The number of carbonyl (C=O) groups is 1. The van der Waals surface area contributed by atoms with E-state index in [9.17, 15) is 23.2 Å². The molecule has 1 amide bonds. The molecule has 0 saturated carbocycles. The Bertz CT molecular complexity index is 1020. The number of amides is 1. The van der Waals surface area contributed by atoms with Crippen molar-refractivity contribution in [3.63, 3.8) is 0 Å². The molecule has 3 aromatic rings. The van der Waals surface area contributed by atoms with Gasteiger partial charge in [-0.2, -0.15) is 18.4 Å². The number of nitrogens with zero attached hydrogens (tertiary/aromatic N) is 3. The fourth-order valence-corrected chi connectivity index (χ4v) is 2.94. The number of hydrogen-bond acceptors (Lipinski definition) is 3. The van der Waals surface area contributed by atoms with E-state index in [1.807, 2.05) is 0 Å². The second-order valence-electron chi connectivity index (χ2n) is 6.05. The van der Waals surface area contributed by atoms with Crippen molar-refractivity contribution in [2.24, 2.45) is 0 Å². The molecule has 27 heavy (non-hydrogen) atoms. The number of para-hydroxylation sites is 1. The van der Waals surface area contributed by atoms with Crippen LogP contribution in [0.2, 0.25) is 0 Å². The molecule has 0 aliphatic rings. The summed E-state index contributed by atoms with van der Waals surface area (Å²) in [6, 6.07) is 11.3. The topological polar surface area (TPSA) is 70.7 Å². The van der Waals surface area contributed by atoms with Crippen LogP contribution in [-0.2, 0) is 17.5 Å². The molecule has 138 valence electrons. The lowest BCUT2D eigenvalue weighted by Crippen LogP contribution is -2.29. The van der Waals surface area contributed by atoms with Crippen molar-refractivity contribution < 1.29 is 18.0 Å². The summed E-state index contributed by atoms with van der Waals surface area (Å²) >= 11 is 0. The van der Waals surface area contributed by atoms with Gasteiger partial charge in [-0.3, -0.25) is 4.79 Å². The monoisotopic (exact) mass is 372 g/mol. The number of fused-ring (bicyclic) bond motifs is 1. The maximum absolute atomic E-state index is 12.8. The highest BCUT2D eigenvalue weighted by Crippen LogP contribution is 2.30. The fourth-order valence-electron chi connectivity index (χ4n) is 2.94. The third-order valence-corrected chi connectivity index (χ3v) is 4.16. The zero-order valence-electron chi connectivity index (χ0n) is 14.3. The van der Waals surface area contributed by atoms with Gasteiger partial charge in [-0.25, -0.2) is 4.98 Å². The van der Waals surface area contributed by atoms with E-state index in [-0.39, 0.29) is 12.5 Å². The van der Waals surface area contributed by atoms with E-state index in [1.165, 1.54) is 19.1 Å². The van der Waals surface area contributed by atoms with Crippen molar-refractivity contribution >= 4 is 16.9 Å². The molecule has 0 bridgehead atoms. The number of halogens is 3. The van der Waals surface area contributed by atoms with Crippen LogP contribution >= 0.6 is 0 Å². The first-order valence-electron chi connectivity index (χ1n) is 8.08. The first-order valence-corrected chi connectivity index (χ1v) is 8.08. The molecule has 0 saturated heterocycles. The van der Waals surface area contributed by atoms with Crippen molar-refractivity contribution in [2.45, 2.75) is 25.7 Å². The normalized spacial score (nSPS) is 12.6. The molecule has 2 aromatic carbocycles. The Labute approximate surface area is 153 Å². The van der Waals surface area contributed by atoms with E-state index in [0.29, 0.717) is 22.2 Å². The highest BCUT2D eigenvalue weighted by Gasteiger charge is 2.30. The van der Waals surface area contributed by atoms with Gasteiger partial charge in [-0.15, -0.1) is 0 Å². The molecule has 1 unspecified atom stereocenters. The molecule has 8 heteroatoms. The third kappa shape index (κ3) is 3.92. The summed E-state index contributed by atoms with van der Waals surface area (Å²) < 4.78 is 40.1. The summed E-state index contributed by atoms with van der Waals surface area (Å²) in [5.41, 5.74) is 1.44. The molecule has 0 spiro atoms. The van der Waals surface area contributed by atoms with Crippen LogP contribution in [0.25, 0.3) is 11.0 Å². The van der Waals surface area contributed by atoms with Gasteiger partial charge in [0.1, 0.15) is 6.07 Å². The average molecular weight is 372 g/mol. The van der Waals surface area contributed by atoms with E-state index in [2.05, 4.69) is 16.4 Å². The van der Waals surface area contributed by atoms with Crippen LogP contribution in [0.3, 0.4) is 0 Å². The van der Waals surface area contributed by atoms with Crippen LogP contribution in [0.5, 0.6) is 0 Å². The Hall–Kier alpha value is -3.34. The second-order valence-corrected chi connectivity index (χ2v) is 6.05. The number of nitriles is 1. The molecule has 0 fully saturated rings. The maximum Gasteiger partial charge on any atom is 0.416 e. The second kappa shape index (κ2) is 7.11. The van der Waals surface area contributed by atoms with E-state index in [0.717, 1.165) is 12.1 Å². The maximum atomic E-state index is 12.8. The zero-order valence-corrected chi connectivity index (χ0v) is 14.3. The Morgan fingerprint density at radius 3 is 2.56 bits per heavy atom. The molecular weight excluding hydrogens is 357 g/mol. The van der Waals surface area contributed by atoms with E-state index >= 15 is 0 Å².